The van der Waals surface area contributed by atoms with Crippen molar-refractivity contribution in [1.82, 2.24) is 5.01 Å². The van der Waals surface area contributed by atoms with Gasteiger partial charge in [0.15, 0.2) is 12.1 Å². The predicted octanol–water partition coefficient (Wildman–Crippen LogP) is 2.58. The van der Waals surface area contributed by atoms with Crippen molar-refractivity contribution < 1.29 is 14.4 Å². The molecule has 0 bridgehead atoms. The minimum absolute atomic E-state index is 0.210. The first-order chi connectivity index (χ1) is 13.5. The number of para-hydroxylation sites is 1. The third kappa shape index (κ3) is 3.01. The number of hydrogen-bond acceptors (Lipinski definition) is 6. The van der Waals surface area contributed by atoms with Gasteiger partial charge in [-0.3, -0.25) is 19.4 Å². The van der Waals surface area contributed by atoms with Gasteiger partial charge in [-0.1, -0.05) is 41.1 Å². The van der Waals surface area contributed by atoms with Crippen LogP contribution >= 0.6 is 11.6 Å². The lowest BCUT2D eigenvalue weighted by atomic mass is 10.1. The zero-order chi connectivity index (χ0) is 19.8. The highest BCUT2D eigenvalue weighted by Crippen LogP contribution is 2.31. The maximum Gasteiger partial charge on any atom is 0.263 e. The van der Waals surface area contributed by atoms with Crippen LogP contribution in [0, 0.1) is 6.92 Å². The van der Waals surface area contributed by atoms with Crippen molar-refractivity contribution in [2.24, 2.45) is 10.3 Å². The molecule has 0 saturated carbocycles. The van der Waals surface area contributed by atoms with Crippen LogP contribution in [0.2, 0.25) is 5.02 Å². The zero-order valence-corrected chi connectivity index (χ0v) is 15.6. The Kier molecular flexibility index (Phi) is 4.56. The Morgan fingerprint density at radius 1 is 1.11 bits per heavy atom. The van der Waals surface area contributed by atoms with Crippen molar-refractivity contribution in [3.05, 3.63) is 59.1 Å². The molecule has 2 aromatic rings. The monoisotopic (exact) mass is 397 g/mol. The van der Waals surface area contributed by atoms with Gasteiger partial charge in [0.1, 0.15) is 6.54 Å². The van der Waals surface area contributed by atoms with Crippen molar-refractivity contribution in [3.63, 3.8) is 0 Å². The molecule has 0 spiro atoms. The summed E-state index contributed by atoms with van der Waals surface area (Å²) in [5.41, 5.74) is 1.78. The number of nitrogens with zero attached hydrogens (tertiary/aromatic N) is 4. The van der Waals surface area contributed by atoms with E-state index in [1.54, 1.807) is 55.5 Å². The number of fused-ring (bicyclic) bond motifs is 1. The molecular formula is C19H16ClN5O3. The van der Waals surface area contributed by atoms with Crippen molar-refractivity contribution in [1.29, 1.82) is 0 Å². The second kappa shape index (κ2) is 7.05. The van der Waals surface area contributed by atoms with E-state index >= 15 is 0 Å². The number of amides is 3. The number of imide groups is 1. The van der Waals surface area contributed by atoms with Gasteiger partial charge in [-0.25, -0.2) is 4.90 Å². The molecule has 8 nitrogen and oxygen atoms in total. The average molecular weight is 398 g/mol. The van der Waals surface area contributed by atoms with E-state index in [4.69, 9.17) is 11.6 Å². The molecular weight excluding hydrogens is 382 g/mol. The molecule has 9 heteroatoms. The number of rotatable bonds is 4. The number of hydrogen-bond donors (Lipinski definition) is 1. The molecule has 4 rings (SSSR count). The highest BCUT2D eigenvalue weighted by Gasteiger charge is 2.55. The van der Waals surface area contributed by atoms with Crippen molar-refractivity contribution in [3.8, 4) is 0 Å². The van der Waals surface area contributed by atoms with Gasteiger partial charge in [-0.2, -0.15) is 5.11 Å². The molecule has 3 amide bonds. The van der Waals surface area contributed by atoms with Gasteiger partial charge < -0.3 is 5.32 Å². The summed E-state index contributed by atoms with van der Waals surface area (Å²) in [5.74, 6) is -1.28. The van der Waals surface area contributed by atoms with Crippen molar-refractivity contribution in [2.75, 3.05) is 16.8 Å². The molecule has 1 saturated heterocycles. The van der Waals surface area contributed by atoms with E-state index < -0.39 is 23.9 Å². The van der Waals surface area contributed by atoms with Crippen LogP contribution in [-0.4, -0.2) is 41.4 Å². The maximum absolute atomic E-state index is 12.8. The van der Waals surface area contributed by atoms with Crippen LogP contribution in [0.3, 0.4) is 0 Å². The van der Waals surface area contributed by atoms with Crippen LogP contribution < -0.4 is 10.2 Å². The fourth-order valence-electron chi connectivity index (χ4n) is 3.27. The average Bonchev–Trinajstić information content (AvgIpc) is 3.20. The molecule has 0 radical (unpaired) electrons. The Labute approximate surface area is 165 Å². The van der Waals surface area contributed by atoms with E-state index in [9.17, 15) is 14.4 Å². The number of carbonyl (C=O) groups is 3. The van der Waals surface area contributed by atoms with E-state index in [0.717, 1.165) is 10.5 Å². The van der Waals surface area contributed by atoms with Gasteiger partial charge in [0, 0.05) is 10.7 Å². The minimum Gasteiger partial charge on any atom is -0.324 e. The second-order valence-electron chi connectivity index (χ2n) is 6.50. The third-order valence-corrected chi connectivity index (χ3v) is 5.13. The van der Waals surface area contributed by atoms with Crippen LogP contribution in [0.4, 0.5) is 11.4 Å². The van der Waals surface area contributed by atoms with E-state index in [2.05, 4.69) is 15.7 Å². The van der Waals surface area contributed by atoms with Crippen LogP contribution in [0.1, 0.15) is 5.56 Å². The molecule has 2 aliphatic heterocycles. The summed E-state index contributed by atoms with van der Waals surface area (Å²) >= 11 is 6.07. The minimum atomic E-state index is -0.937. The molecule has 2 atom stereocenters. The number of nitrogens with one attached hydrogen (secondary N) is 1. The summed E-state index contributed by atoms with van der Waals surface area (Å²) in [7, 11) is 0. The van der Waals surface area contributed by atoms with Gasteiger partial charge in [0.2, 0.25) is 5.91 Å². The molecule has 28 heavy (non-hydrogen) atoms. The summed E-state index contributed by atoms with van der Waals surface area (Å²) in [4.78, 5) is 39.0. The molecule has 142 valence electrons. The lowest BCUT2D eigenvalue weighted by molar-refractivity contribution is -0.123. The van der Waals surface area contributed by atoms with E-state index in [1.807, 2.05) is 0 Å². The quantitative estimate of drug-likeness (QED) is 0.802. The Balaban J connectivity index is 1.49. The topological polar surface area (TPSA) is 94.4 Å². The maximum atomic E-state index is 12.8. The van der Waals surface area contributed by atoms with Gasteiger partial charge >= 0.3 is 0 Å². The third-order valence-electron chi connectivity index (χ3n) is 4.72. The smallest absolute Gasteiger partial charge is 0.263 e. The normalized spacial score (nSPS) is 20.6. The molecule has 1 fully saturated rings. The molecule has 2 aliphatic rings. The van der Waals surface area contributed by atoms with E-state index in [1.165, 1.54) is 5.01 Å². The number of halogens is 1. The summed E-state index contributed by atoms with van der Waals surface area (Å²) in [6.45, 7) is 1.58. The van der Waals surface area contributed by atoms with Gasteiger partial charge in [0.05, 0.1) is 5.69 Å². The highest BCUT2D eigenvalue weighted by atomic mass is 35.5. The fraction of sp³-hybridized carbons (Fsp3) is 0.211. The second-order valence-corrected chi connectivity index (χ2v) is 6.91. The standard InChI is InChI=1S/C19H16ClN5O3/c1-11-13(20)8-5-9-14(11)21-15(26)10-24-17-16(22-23-24)18(27)25(19(17)28)12-6-3-2-4-7-12/h2-9,16-17H,10H2,1H3,(H,21,26). The van der Waals surface area contributed by atoms with Gasteiger partial charge in [-0.05, 0) is 36.8 Å². The Hall–Kier alpha value is -3.26. The van der Waals surface area contributed by atoms with Crippen molar-refractivity contribution in [2.45, 2.75) is 19.0 Å². The Bertz CT molecular complexity index is 994. The largest absolute Gasteiger partial charge is 0.324 e. The molecule has 2 unspecified atom stereocenters. The molecule has 2 aromatic carbocycles. The fourth-order valence-corrected chi connectivity index (χ4v) is 3.44. The van der Waals surface area contributed by atoms with Gasteiger partial charge in [0.25, 0.3) is 11.8 Å². The summed E-state index contributed by atoms with van der Waals surface area (Å²) in [5, 5.41) is 12.3. The summed E-state index contributed by atoms with van der Waals surface area (Å²) in [6, 6.07) is 12.0. The Morgan fingerprint density at radius 3 is 2.61 bits per heavy atom. The number of carbonyl (C=O) groups excluding carboxylic acids is 3. The number of anilines is 2. The van der Waals surface area contributed by atoms with Crippen LogP contribution in [0.25, 0.3) is 0 Å². The molecule has 2 heterocycles. The van der Waals surface area contributed by atoms with Gasteiger partial charge in [-0.15, -0.1) is 0 Å². The first-order valence-electron chi connectivity index (χ1n) is 8.62. The predicted molar refractivity (Wildman–Crippen MR) is 103 cm³/mol. The highest BCUT2D eigenvalue weighted by molar-refractivity contribution is 6.31. The van der Waals surface area contributed by atoms with Crippen molar-refractivity contribution >= 4 is 40.7 Å². The Morgan fingerprint density at radius 2 is 1.86 bits per heavy atom. The van der Waals surface area contributed by atoms with Crippen LogP contribution in [0.15, 0.2) is 58.9 Å². The van der Waals surface area contributed by atoms with Crippen LogP contribution in [-0.2, 0) is 14.4 Å². The zero-order valence-electron chi connectivity index (χ0n) is 14.9. The molecule has 0 aliphatic carbocycles. The summed E-state index contributed by atoms with van der Waals surface area (Å²) in [6.07, 6.45) is 0. The number of benzene rings is 2. The van der Waals surface area contributed by atoms with Crippen LogP contribution in [0.5, 0.6) is 0 Å². The molecule has 1 N–H and O–H groups in total. The first-order valence-corrected chi connectivity index (χ1v) is 9.00. The van der Waals surface area contributed by atoms with E-state index in [0.29, 0.717) is 16.4 Å². The molecule has 0 aromatic heterocycles. The lowest BCUT2D eigenvalue weighted by Gasteiger charge is -2.20. The SMILES string of the molecule is Cc1c(Cl)cccc1NC(=O)CN1N=NC2C(=O)N(c3ccccc3)C(=O)C21. The summed E-state index contributed by atoms with van der Waals surface area (Å²) < 4.78 is 0. The first kappa shape index (κ1) is 18.1. The van der Waals surface area contributed by atoms with E-state index in [-0.39, 0.29) is 12.5 Å². The lowest BCUT2D eigenvalue weighted by Crippen LogP contribution is -2.43.